The molecule has 1 atom stereocenters. The van der Waals surface area contributed by atoms with Crippen molar-refractivity contribution in [2.75, 3.05) is 30.6 Å². The van der Waals surface area contributed by atoms with Crippen molar-refractivity contribution in [1.82, 2.24) is 4.31 Å². The van der Waals surface area contributed by atoms with Crippen LogP contribution >= 0.6 is 12.4 Å². The molecule has 1 aliphatic heterocycles. The number of benzene rings is 1. The molecule has 7 nitrogen and oxygen atoms in total. The highest BCUT2D eigenvalue weighted by molar-refractivity contribution is 7.92. The largest absolute Gasteiger partial charge is 0.330 e. The van der Waals surface area contributed by atoms with E-state index in [2.05, 4.69) is 4.72 Å². The minimum absolute atomic E-state index is 0. The Morgan fingerprint density at radius 1 is 1.33 bits per heavy atom. The van der Waals surface area contributed by atoms with Crippen LogP contribution in [0.4, 0.5) is 10.1 Å². The quantitative estimate of drug-likeness (QED) is 0.764. The fourth-order valence-electron chi connectivity index (χ4n) is 2.48. The van der Waals surface area contributed by atoms with Gasteiger partial charge in [0.05, 0.1) is 11.9 Å². The molecule has 1 fully saturated rings. The lowest BCUT2D eigenvalue weighted by atomic mass is 9.90. The molecule has 1 heterocycles. The molecule has 1 saturated heterocycles. The summed E-state index contributed by atoms with van der Waals surface area (Å²) in [5, 5.41) is 0. The first-order valence-corrected chi connectivity index (χ1v) is 10.3. The molecular weight excluding hydrogens is 381 g/mol. The second-order valence-corrected chi connectivity index (χ2v) is 9.78. The molecular formula is C13H21ClFN3O4S2. The number of hydrogen-bond donors (Lipinski definition) is 2. The summed E-state index contributed by atoms with van der Waals surface area (Å²) in [6.45, 7) is 2.74. The van der Waals surface area contributed by atoms with Gasteiger partial charge in [-0.15, -0.1) is 12.4 Å². The Bertz CT molecular complexity index is 817. The number of nitrogens with zero attached hydrogens (tertiary/aromatic N) is 1. The van der Waals surface area contributed by atoms with Crippen molar-refractivity contribution >= 4 is 38.1 Å². The SMILES string of the molecule is CC1(CN)CCN(S(=O)(=O)c2ccc(NS(C)(=O)=O)cc2F)C1.Cl. The molecule has 1 unspecified atom stereocenters. The van der Waals surface area contributed by atoms with Crippen LogP contribution < -0.4 is 10.5 Å². The third-order valence-corrected chi connectivity index (χ3v) is 6.35. The van der Waals surface area contributed by atoms with Crippen molar-refractivity contribution in [2.24, 2.45) is 11.1 Å². The molecule has 24 heavy (non-hydrogen) atoms. The molecule has 0 aromatic heterocycles. The van der Waals surface area contributed by atoms with Crippen LogP contribution in [0.3, 0.4) is 0 Å². The Balaban J connectivity index is 0.00000288. The first kappa shape index (κ1) is 21.1. The zero-order chi connectivity index (χ0) is 17.5. The van der Waals surface area contributed by atoms with Crippen LogP contribution in [-0.4, -0.2) is 47.0 Å². The van der Waals surface area contributed by atoms with E-state index in [0.29, 0.717) is 13.0 Å². The van der Waals surface area contributed by atoms with Crippen molar-refractivity contribution in [1.29, 1.82) is 0 Å². The van der Waals surface area contributed by atoms with Gasteiger partial charge in [-0.2, -0.15) is 4.31 Å². The average Bonchev–Trinajstić information content (AvgIpc) is 2.81. The Hall–Kier alpha value is -0.940. The standard InChI is InChI=1S/C13H20FN3O4S2.ClH/c1-13(8-15)5-6-17(9-13)23(20,21)12-4-3-10(7-11(12)14)16-22(2,18)19;/h3-4,7,16H,5-6,8-9,15H2,1-2H3;1H. The lowest BCUT2D eigenvalue weighted by Gasteiger charge is -2.22. The summed E-state index contributed by atoms with van der Waals surface area (Å²) in [7, 11) is -7.55. The van der Waals surface area contributed by atoms with Crippen LogP contribution in [0.5, 0.6) is 0 Å². The molecule has 0 saturated carbocycles. The van der Waals surface area contributed by atoms with Crippen molar-refractivity contribution in [3.63, 3.8) is 0 Å². The second kappa shape index (κ2) is 7.12. The molecule has 1 aromatic rings. The molecule has 1 aromatic carbocycles. The molecule has 138 valence electrons. The zero-order valence-electron chi connectivity index (χ0n) is 13.3. The van der Waals surface area contributed by atoms with Crippen molar-refractivity contribution in [3.8, 4) is 0 Å². The highest BCUT2D eigenvalue weighted by Crippen LogP contribution is 2.33. The number of anilines is 1. The van der Waals surface area contributed by atoms with E-state index in [-0.39, 0.29) is 36.6 Å². The highest BCUT2D eigenvalue weighted by Gasteiger charge is 2.39. The smallest absolute Gasteiger partial charge is 0.246 e. The molecule has 0 amide bonds. The van der Waals surface area contributed by atoms with Gasteiger partial charge >= 0.3 is 0 Å². The van der Waals surface area contributed by atoms with Crippen LogP contribution in [0.25, 0.3) is 0 Å². The van der Waals surface area contributed by atoms with Gasteiger partial charge in [-0.05, 0) is 36.6 Å². The van der Waals surface area contributed by atoms with Crippen molar-refractivity contribution in [2.45, 2.75) is 18.2 Å². The Labute approximate surface area is 147 Å². The molecule has 2 rings (SSSR count). The summed E-state index contributed by atoms with van der Waals surface area (Å²) >= 11 is 0. The van der Waals surface area contributed by atoms with E-state index >= 15 is 0 Å². The highest BCUT2D eigenvalue weighted by atomic mass is 35.5. The lowest BCUT2D eigenvalue weighted by molar-refractivity contribution is 0.349. The summed E-state index contributed by atoms with van der Waals surface area (Å²) in [4.78, 5) is -0.474. The minimum Gasteiger partial charge on any atom is -0.330 e. The van der Waals surface area contributed by atoms with Gasteiger partial charge in [0.25, 0.3) is 0 Å². The Morgan fingerprint density at radius 2 is 1.96 bits per heavy atom. The third kappa shape index (κ3) is 4.57. The summed E-state index contributed by atoms with van der Waals surface area (Å²) in [6, 6.07) is 3.14. The number of nitrogens with two attached hydrogens (primary N) is 1. The number of rotatable bonds is 5. The molecule has 0 bridgehead atoms. The van der Waals surface area contributed by atoms with Crippen LogP contribution in [0.2, 0.25) is 0 Å². The number of hydrogen-bond acceptors (Lipinski definition) is 5. The number of sulfonamides is 2. The van der Waals surface area contributed by atoms with Gasteiger partial charge in [0.15, 0.2) is 0 Å². The van der Waals surface area contributed by atoms with E-state index in [1.54, 1.807) is 0 Å². The summed E-state index contributed by atoms with van der Waals surface area (Å²) < 4.78 is 64.9. The predicted octanol–water partition coefficient (Wildman–Crippen LogP) is 0.978. The third-order valence-electron chi connectivity index (χ3n) is 3.87. The summed E-state index contributed by atoms with van der Waals surface area (Å²) in [5.74, 6) is -1.000. The molecule has 0 radical (unpaired) electrons. The fraction of sp³-hybridized carbons (Fsp3) is 0.538. The molecule has 0 aliphatic carbocycles. The first-order chi connectivity index (χ1) is 10.5. The molecule has 3 N–H and O–H groups in total. The lowest BCUT2D eigenvalue weighted by Crippen LogP contribution is -2.34. The number of nitrogens with one attached hydrogen (secondary N) is 1. The van der Waals surface area contributed by atoms with E-state index in [9.17, 15) is 21.2 Å². The molecule has 0 spiro atoms. The van der Waals surface area contributed by atoms with E-state index in [1.807, 2.05) is 6.92 Å². The monoisotopic (exact) mass is 401 g/mol. The van der Waals surface area contributed by atoms with Gasteiger partial charge in [-0.25, -0.2) is 21.2 Å². The predicted molar refractivity (Wildman–Crippen MR) is 92.7 cm³/mol. The van der Waals surface area contributed by atoms with Crippen molar-refractivity contribution in [3.05, 3.63) is 24.0 Å². The first-order valence-electron chi connectivity index (χ1n) is 6.94. The zero-order valence-corrected chi connectivity index (χ0v) is 15.8. The van der Waals surface area contributed by atoms with Crippen LogP contribution in [0, 0.1) is 11.2 Å². The number of halogens is 2. The van der Waals surface area contributed by atoms with Gasteiger partial charge in [0.1, 0.15) is 10.7 Å². The van der Waals surface area contributed by atoms with Gasteiger partial charge < -0.3 is 5.73 Å². The van der Waals surface area contributed by atoms with Gasteiger partial charge in [0, 0.05) is 13.1 Å². The average molecular weight is 402 g/mol. The summed E-state index contributed by atoms with van der Waals surface area (Å²) in [5.41, 5.74) is 5.31. The van der Waals surface area contributed by atoms with Gasteiger partial charge in [-0.3, -0.25) is 4.72 Å². The Kier molecular flexibility index (Phi) is 6.26. The van der Waals surface area contributed by atoms with Crippen LogP contribution in [0.15, 0.2) is 23.1 Å². The fourth-order valence-corrected chi connectivity index (χ4v) is 4.67. The minimum atomic E-state index is -3.99. The van der Waals surface area contributed by atoms with Crippen LogP contribution in [0.1, 0.15) is 13.3 Å². The van der Waals surface area contributed by atoms with E-state index in [4.69, 9.17) is 5.73 Å². The normalized spacial score (nSPS) is 22.2. The van der Waals surface area contributed by atoms with Gasteiger partial charge in [0.2, 0.25) is 20.0 Å². The van der Waals surface area contributed by atoms with Crippen molar-refractivity contribution < 1.29 is 21.2 Å². The maximum Gasteiger partial charge on any atom is 0.246 e. The van der Waals surface area contributed by atoms with E-state index in [0.717, 1.165) is 18.4 Å². The maximum atomic E-state index is 14.2. The molecule has 11 heteroatoms. The topological polar surface area (TPSA) is 110 Å². The van der Waals surface area contributed by atoms with E-state index < -0.39 is 30.8 Å². The van der Waals surface area contributed by atoms with Crippen LogP contribution in [-0.2, 0) is 20.0 Å². The summed E-state index contributed by atoms with van der Waals surface area (Å²) in [6.07, 6.45) is 1.53. The maximum absolute atomic E-state index is 14.2. The van der Waals surface area contributed by atoms with E-state index in [1.165, 1.54) is 10.4 Å². The second-order valence-electron chi connectivity index (χ2n) is 6.12. The molecule has 1 aliphatic rings. The Morgan fingerprint density at radius 3 is 2.42 bits per heavy atom. The van der Waals surface area contributed by atoms with Gasteiger partial charge in [-0.1, -0.05) is 6.92 Å².